The molecule has 3 rings (SSSR count). The zero-order valence-corrected chi connectivity index (χ0v) is 20.9. The Kier molecular flexibility index (Phi) is 9.42. The summed E-state index contributed by atoms with van der Waals surface area (Å²) in [6, 6.07) is 8.50. The SMILES string of the molecule is CC(=O)Oc1cc(F)cnc1CN(C(=O)NCc1ccc(OCC(C)C)cc1)C1CCN(C)CC1. The highest BCUT2D eigenvalue weighted by molar-refractivity contribution is 5.75. The molecule has 1 aliphatic rings. The molecule has 1 aromatic heterocycles. The third-order valence-electron chi connectivity index (χ3n) is 5.81. The van der Waals surface area contributed by atoms with E-state index < -0.39 is 11.8 Å². The van der Waals surface area contributed by atoms with Crippen molar-refractivity contribution < 1.29 is 23.5 Å². The van der Waals surface area contributed by atoms with Gasteiger partial charge in [0.2, 0.25) is 0 Å². The van der Waals surface area contributed by atoms with E-state index in [0.29, 0.717) is 24.8 Å². The number of benzene rings is 1. The Balaban J connectivity index is 1.71. The molecule has 0 saturated carbocycles. The third-order valence-corrected chi connectivity index (χ3v) is 5.81. The highest BCUT2D eigenvalue weighted by atomic mass is 19.1. The number of piperidine rings is 1. The lowest BCUT2D eigenvalue weighted by Crippen LogP contribution is -2.49. The van der Waals surface area contributed by atoms with Crippen LogP contribution in [-0.2, 0) is 17.9 Å². The maximum absolute atomic E-state index is 13.8. The highest BCUT2D eigenvalue weighted by Gasteiger charge is 2.28. The van der Waals surface area contributed by atoms with E-state index in [-0.39, 0.29) is 24.4 Å². The van der Waals surface area contributed by atoms with Crippen molar-refractivity contribution in [2.24, 2.45) is 5.92 Å². The topological polar surface area (TPSA) is 84.0 Å². The van der Waals surface area contributed by atoms with Crippen LogP contribution in [0.2, 0.25) is 0 Å². The van der Waals surface area contributed by atoms with Crippen molar-refractivity contribution in [2.75, 3.05) is 26.7 Å². The van der Waals surface area contributed by atoms with Gasteiger partial charge in [0.25, 0.3) is 0 Å². The van der Waals surface area contributed by atoms with Crippen molar-refractivity contribution in [3.05, 3.63) is 53.6 Å². The average Bonchev–Trinajstić information content (AvgIpc) is 2.82. The minimum Gasteiger partial charge on any atom is -0.493 e. The predicted octanol–water partition coefficient (Wildman–Crippen LogP) is 3.99. The Morgan fingerprint density at radius 1 is 1.23 bits per heavy atom. The van der Waals surface area contributed by atoms with Crippen LogP contribution in [0.4, 0.5) is 9.18 Å². The van der Waals surface area contributed by atoms with Crippen molar-refractivity contribution in [3.63, 3.8) is 0 Å². The second kappa shape index (κ2) is 12.5. The first-order valence-corrected chi connectivity index (χ1v) is 12.0. The van der Waals surface area contributed by atoms with Crippen LogP contribution in [-0.4, -0.2) is 59.6 Å². The third kappa shape index (κ3) is 8.20. The number of carbonyl (C=O) groups excluding carboxylic acids is 2. The fraction of sp³-hybridized carbons (Fsp3) is 0.500. The summed E-state index contributed by atoms with van der Waals surface area (Å²) < 4.78 is 24.6. The van der Waals surface area contributed by atoms with Gasteiger partial charge < -0.3 is 24.6 Å². The van der Waals surface area contributed by atoms with Gasteiger partial charge in [-0.05, 0) is 56.6 Å². The summed E-state index contributed by atoms with van der Waals surface area (Å²) >= 11 is 0. The summed E-state index contributed by atoms with van der Waals surface area (Å²) in [7, 11) is 2.05. The summed E-state index contributed by atoms with van der Waals surface area (Å²) in [4.78, 5) is 32.9. The Morgan fingerprint density at radius 2 is 1.91 bits per heavy atom. The van der Waals surface area contributed by atoms with Gasteiger partial charge in [-0.15, -0.1) is 0 Å². The minimum absolute atomic E-state index is 0.0185. The van der Waals surface area contributed by atoms with Gasteiger partial charge in [-0.25, -0.2) is 9.18 Å². The van der Waals surface area contributed by atoms with Crippen LogP contribution >= 0.6 is 0 Å². The number of halogens is 1. The van der Waals surface area contributed by atoms with Crippen LogP contribution in [0, 0.1) is 11.7 Å². The number of amides is 2. The fourth-order valence-corrected chi connectivity index (χ4v) is 3.89. The monoisotopic (exact) mass is 486 g/mol. The molecule has 2 amide bonds. The van der Waals surface area contributed by atoms with Gasteiger partial charge in [0.05, 0.1) is 19.3 Å². The van der Waals surface area contributed by atoms with Crippen LogP contribution in [0.5, 0.6) is 11.5 Å². The normalized spacial score (nSPS) is 14.6. The summed E-state index contributed by atoms with van der Waals surface area (Å²) in [5.74, 6) is 0.0784. The second-order valence-electron chi connectivity index (χ2n) is 9.36. The van der Waals surface area contributed by atoms with E-state index >= 15 is 0 Å². The van der Waals surface area contributed by atoms with E-state index in [1.807, 2.05) is 24.3 Å². The Hall–Kier alpha value is -3.20. The minimum atomic E-state index is -0.610. The molecular formula is C26H35FN4O4. The zero-order chi connectivity index (χ0) is 25.4. The summed E-state index contributed by atoms with van der Waals surface area (Å²) in [5.41, 5.74) is 1.28. The van der Waals surface area contributed by atoms with Crippen molar-refractivity contribution >= 4 is 12.0 Å². The molecule has 0 unspecified atom stereocenters. The molecule has 0 atom stereocenters. The Labute approximate surface area is 206 Å². The molecule has 0 spiro atoms. The van der Waals surface area contributed by atoms with Gasteiger partial charge in [-0.3, -0.25) is 9.78 Å². The predicted molar refractivity (Wildman–Crippen MR) is 131 cm³/mol. The lowest BCUT2D eigenvalue weighted by molar-refractivity contribution is -0.132. The van der Waals surface area contributed by atoms with Gasteiger partial charge in [-0.2, -0.15) is 0 Å². The number of carbonyl (C=O) groups is 2. The molecule has 1 aliphatic heterocycles. The maximum atomic E-state index is 13.8. The fourth-order valence-electron chi connectivity index (χ4n) is 3.89. The van der Waals surface area contributed by atoms with Gasteiger partial charge in [0.1, 0.15) is 17.3 Å². The molecule has 0 bridgehead atoms. The van der Waals surface area contributed by atoms with E-state index in [9.17, 15) is 14.0 Å². The highest BCUT2D eigenvalue weighted by Crippen LogP contribution is 2.24. The number of urea groups is 1. The molecule has 8 nitrogen and oxygen atoms in total. The van der Waals surface area contributed by atoms with E-state index in [2.05, 4.69) is 36.1 Å². The first-order chi connectivity index (χ1) is 16.7. The lowest BCUT2D eigenvalue weighted by Gasteiger charge is -2.37. The maximum Gasteiger partial charge on any atom is 0.318 e. The molecule has 190 valence electrons. The molecule has 35 heavy (non-hydrogen) atoms. The zero-order valence-electron chi connectivity index (χ0n) is 20.9. The molecule has 1 N–H and O–H groups in total. The van der Waals surface area contributed by atoms with E-state index in [1.54, 1.807) is 4.90 Å². The van der Waals surface area contributed by atoms with Crippen molar-refractivity contribution in [1.29, 1.82) is 0 Å². The quantitative estimate of drug-likeness (QED) is 0.540. The standard InChI is InChI=1S/C26H35FN4O4/c1-18(2)17-34-23-7-5-20(6-8-23)14-29-26(33)31(22-9-11-30(4)12-10-22)16-24-25(35-19(3)32)13-21(27)15-28-24/h5-8,13,15,18,22H,9-12,14,16-17H2,1-4H3,(H,29,33). The number of esters is 1. The summed E-state index contributed by atoms with van der Waals surface area (Å²) in [5, 5.41) is 2.99. The van der Waals surface area contributed by atoms with E-state index in [0.717, 1.165) is 49.5 Å². The van der Waals surface area contributed by atoms with Gasteiger partial charge in [-0.1, -0.05) is 26.0 Å². The smallest absolute Gasteiger partial charge is 0.318 e. The second-order valence-corrected chi connectivity index (χ2v) is 9.36. The number of pyridine rings is 1. The Morgan fingerprint density at radius 3 is 2.54 bits per heavy atom. The molecule has 1 saturated heterocycles. The first kappa shape index (κ1) is 26.4. The molecule has 0 radical (unpaired) electrons. The molecular weight excluding hydrogens is 451 g/mol. The summed E-state index contributed by atoms with van der Waals surface area (Å²) in [6.45, 7) is 8.25. The van der Waals surface area contributed by atoms with E-state index in [4.69, 9.17) is 9.47 Å². The average molecular weight is 487 g/mol. The Bertz CT molecular complexity index is 991. The van der Waals surface area contributed by atoms with Crippen LogP contribution < -0.4 is 14.8 Å². The first-order valence-electron chi connectivity index (χ1n) is 12.0. The molecule has 1 fully saturated rings. The number of nitrogens with one attached hydrogen (secondary N) is 1. The largest absolute Gasteiger partial charge is 0.493 e. The number of hydrogen-bond acceptors (Lipinski definition) is 6. The molecule has 2 aromatic rings. The number of rotatable bonds is 9. The van der Waals surface area contributed by atoms with Crippen molar-refractivity contribution in [2.45, 2.75) is 52.7 Å². The van der Waals surface area contributed by atoms with Gasteiger partial charge >= 0.3 is 12.0 Å². The van der Waals surface area contributed by atoms with E-state index in [1.165, 1.54) is 6.92 Å². The van der Waals surface area contributed by atoms with Crippen molar-refractivity contribution in [3.8, 4) is 11.5 Å². The van der Waals surface area contributed by atoms with Gasteiger partial charge in [0, 0.05) is 25.6 Å². The number of nitrogens with zero attached hydrogens (tertiary/aromatic N) is 3. The van der Waals surface area contributed by atoms with Crippen LogP contribution in [0.15, 0.2) is 36.5 Å². The molecule has 1 aromatic carbocycles. The van der Waals surface area contributed by atoms with Crippen LogP contribution in [0.1, 0.15) is 44.9 Å². The van der Waals surface area contributed by atoms with Crippen molar-refractivity contribution in [1.82, 2.24) is 20.1 Å². The van der Waals surface area contributed by atoms with Crippen LogP contribution in [0.25, 0.3) is 0 Å². The molecule has 2 heterocycles. The number of likely N-dealkylation sites (tertiary alicyclic amines) is 1. The number of ether oxygens (including phenoxy) is 2. The lowest BCUT2D eigenvalue weighted by atomic mass is 10.0. The number of aromatic nitrogens is 1. The molecule has 9 heteroatoms. The van der Waals surface area contributed by atoms with Crippen LogP contribution in [0.3, 0.4) is 0 Å². The molecule has 0 aliphatic carbocycles. The summed E-state index contributed by atoms with van der Waals surface area (Å²) in [6.07, 6.45) is 2.67. The van der Waals surface area contributed by atoms with Gasteiger partial charge in [0.15, 0.2) is 5.75 Å². The number of hydrogen-bond donors (Lipinski definition) is 1.